The lowest BCUT2D eigenvalue weighted by Crippen LogP contribution is -2.30. The lowest BCUT2D eigenvalue weighted by atomic mass is 10.1. The number of carbonyl (C=O) groups is 1. The van der Waals surface area contributed by atoms with E-state index in [1.807, 2.05) is 6.92 Å². The monoisotopic (exact) mass is 327 g/mol. The van der Waals surface area contributed by atoms with Crippen molar-refractivity contribution < 1.29 is 9.18 Å². The molecular weight excluding hydrogens is 316 g/mol. The minimum absolute atomic E-state index is 0.0115. The summed E-state index contributed by atoms with van der Waals surface area (Å²) in [5, 5.41) is 7.25. The molecule has 110 valence electrons. The lowest BCUT2D eigenvalue weighted by Gasteiger charge is -2.25. The van der Waals surface area contributed by atoms with Gasteiger partial charge >= 0.3 is 0 Å². The van der Waals surface area contributed by atoms with Gasteiger partial charge in [-0.05, 0) is 30.7 Å². The molecular formula is C14H12Cl2FN3O. The van der Waals surface area contributed by atoms with Crippen molar-refractivity contribution in [2.45, 2.75) is 13.0 Å². The van der Waals surface area contributed by atoms with E-state index >= 15 is 0 Å². The Hall–Kier alpha value is -1.72. The summed E-state index contributed by atoms with van der Waals surface area (Å²) in [6.07, 6.45) is 0. The number of nitrogens with zero attached hydrogens (tertiary/aromatic N) is 3. The topological polar surface area (TPSA) is 46.1 Å². The molecule has 0 saturated heterocycles. The van der Waals surface area contributed by atoms with E-state index in [1.165, 1.54) is 23.1 Å². The lowest BCUT2D eigenvalue weighted by molar-refractivity contribution is 0.0742. The van der Waals surface area contributed by atoms with Crippen molar-refractivity contribution in [2.75, 3.05) is 7.05 Å². The SMILES string of the molecule is CC(c1ccc(F)cc1)N(C)C(=O)c1cc(Cl)nnc1Cl. The number of benzene rings is 1. The molecule has 0 N–H and O–H groups in total. The van der Waals surface area contributed by atoms with E-state index in [2.05, 4.69) is 10.2 Å². The van der Waals surface area contributed by atoms with Gasteiger partial charge in [0.25, 0.3) is 5.91 Å². The van der Waals surface area contributed by atoms with Gasteiger partial charge < -0.3 is 4.90 Å². The maximum Gasteiger partial charge on any atom is 0.257 e. The summed E-state index contributed by atoms with van der Waals surface area (Å²) < 4.78 is 12.9. The number of hydrogen-bond acceptors (Lipinski definition) is 3. The molecule has 0 fully saturated rings. The molecule has 0 spiro atoms. The largest absolute Gasteiger partial charge is 0.335 e. The summed E-state index contributed by atoms with van der Waals surface area (Å²) in [6, 6.07) is 7.06. The zero-order valence-corrected chi connectivity index (χ0v) is 12.9. The van der Waals surface area contributed by atoms with Crippen LogP contribution >= 0.6 is 23.2 Å². The summed E-state index contributed by atoms with van der Waals surface area (Å²) in [4.78, 5) is 13.9. The maximum atomic E-state index is 12.9. The van der Waals surface area contributed by atoms with E-state index < -0.39 is 0 Å². The zero-order valence-electron chi connectivity index (χ0n) is 11.3. The van der Waals surface area contributed by atoms with Gasteiger partial charge in [0.15, 0.2) is 10.3 Å². The fourth-order valence-electron chi connectivity index (χ4n) is 1.83. The van der Waals surface area contributed by atoms with Gasteiger partial charge in [0, 0.05) is 7.05 Å². The Bertz CT molecular complexity index is 664. The van der Waals surface area contributed by atoms with Crippen LogP contribution in [0.5, 0.6) is 0 Å². The minimum Gasteiger partial charge on any atom is -0.335 e. The molecule has 1 amide bonds. The Morgan fingerprint density at radius 1 is 1.24 bits per heavy atom. The van der Waals surface area contributed by atoms with Crippen LogP contribution in [0.4, 0.5) is 4.39 Å². The molecule has 2 rings (SSSR count). The van der Waals surface area contributed by atoms with Gasteiger partial charge in [0.2, 0.25) is 0 Å². The number of aromatic nitrogens is 2. The molecule has 0 radical (unpaired) electrons. The molecule has 0 aliphatic carbocycles. The zero-order chi connectivity index (χ0) is 15.6. The average Bonchev–Trinajstić information content (AvgIpc) is 2.48. The maximum absolute atomic E-state index is 12.9. The fraction of sp³-hybridized carbons (Fsp3) is 0.214. The minimum atomic E-state index is -0.339. The third-order valence-corrected chi connectivity index (χ3v) is 3.67. The predicted molar refractivity (Wildman–Crippen MR) is 79.0 cm³/mol. The first-order valence-electron chi connectivity index (χ1n) is 6.11. The molecule has 1 aromatic heterocycles. The number of amides is 1. The number of halogens is 3. The third-order valence-electron chi connectivity index (χ3n) is 3.20. The van der Waals surface area contributed by atoms with E-state index in [-0.39, 0.29) is 33.6 Å². The molecule has 7 heteroatoms. The Morgan fingerprint density at radius 3 is 2.48 bits per heavy atom. The first-order chi connectivity index (χ1) is 9.90. The van der Waals surface area contributed by atoms with Gasteiger partial charge in [-0.2, -0.15) is 0 Å². The average molecular weight is 328 g/mol. The first-order valence-corrected chi connectivity index (χ1v) is 6.87. The smallest absolute Gasteiger partial charge is 0.257 e. The molecule has 1 aromatic carbocycles. The van der Waals surface area contributed by atoms with Crippen molar-refractivity contribution in [1.82, 2.24) is 15.1 Å². The van der Waals surface area contributed by atoms with Crippen LogP contribution in [0.15, 0.2) is 30.3 Å². The van der Waals surface area contributed by atoms with Gasteiger partial charge in [0.1, 0.15) is 5.82 Å². The second-order valence-electron chi connectivity index (χ2n) is 4.52. The van der Waals surface area contributed by atoms with Crippen molar-refractivity contribution in [3.63, 3.8) is 0 Å². The van der Waals surface area contributed by atoms with Gasteiger partial charge in [-0.1, -0.05) is 35.3 Å². The van der Waals surface area contributed by atoms with E-state index in [0.29, 0.717) is 0 Å². The van der Waals surface area contributed by atoms with Crippen LogP contribution in [0, 0.1) is 5.82 Å². The quantitative estimate of drug-likeness (QED) is 0.862. The first kappa shape index (κ1) is 15.7. The van der Waals surface area contributed by atoms with Crippen molar-refractivity contribution >= 4 is 29.1 Å². The molecule has 2 aromatic rings. The molecule has 0 bridgehead atoms. The predicted octanol–water partition coefficient (Wildman–Crippen LogP) is 3.76. The number of rotatable bonds is 3. The highest BCUT2D eigenvalue weighted by molar-refractivity contribution is 6.34. The van der Waals surface area contributed by atoms with E-state index in [9.17, 15) is 9.18 Å². The second-order valence-corrected chi connectivity index (χ2v) is 5.26. The van der Waals surface area contributed by atoms with E-state index in [1.54, 1.807) is 19.2 Å². The Balaban J connectivity index is 2.26. The highest BCUT2D eigenvalue weighted by Gasteiger charge is 2.22. The van der Waals surface area contributed by atoms with Crippen LogP contribution in [0.2, 0.25) is 10.3 Å². The standard InChI is InChI=1S/C14H12Cl2FN3O/c1-8(9-3-5-10(17)6-4-9)20(2)14(21)11-7-12(15)18-19-13(11)16/h3-8H,1-2H3. The Kier molecular flexibility index (Phi) is 4.75. The van der Waals surface area contributed by atoms with Gasteiger partial charge in [-0.3, -0.25) is 4.79 Å². The second kappa shape index (κ2) is 6.37. The molecule has 21 heavy (non-hydrogen) atoms. The molecule has 1 atom stereocenters. The summed E-state index contributed by atoms with van der Waals surface area (Å²) in [6.45, 7) is 1.83. The van der Waals surface area contributed by atoms with Crippen LogP contribution in [-0.4, -0.2) is 28.1 Å². The van der Waals surface area contributed by atoms with Gasteiger partial charge in [-0.25, -0.2) is 4.39 Å². The number of carbonyl (C=O) groups excluding carboxylic acids is 1. The van der Waals surface area contributed by atoms with Crippen LogP contribution in [0.3, 0.4) is 0 Å². The summed E-state index contributed by atoms with van der Waals surface area (Å²) in [5.41, 5.74) is 0.976. The van der Waals surface area contributed by atoms with Gasteiger partial charge in [0.05, 0.1) is 11.6 Å². The van der Waals surface area contributed by atoms with Crippen LogP contribution in [-0.2, 0) is 0 Å². The van der Waals surface area contributed by atoms with E-state index in [0.717, 1.165) is 5.56 Å². The van der Waals surface area contributed by atoms with Crippen molar-refractivity contribution in [3.05, 3.63) is 57.6 Å². The summed E-state index contributed by atoms with van der Waals surface area (Å²) >= 11 is 11.6. The van der Waals surface area contributed by atoms with Crippen LogP contribution in [0.25, 0.3) is 0 Å². The third kappa shape index (κ3) is 3.49. The molecule has 4 nitrogen and oxygen atoms in total. The van der Waals surface area contributed by atoms with Crippen molar-refractivity contribution in [2.24, 2.45) is 0 Å². The van der Waals surface area contributed by atoms with Gasteiger partial charge in [-0.15, -0.1) is 10.2 Å². The summed E-state index contributed by atoms with van der Waals surface area (Å²) in [7, 11) is 1.63. The fourth-order valence-corrected chi connectivity index (χ4v) is 2.15. The molecule has 1 heterocycles. The molecule has 0 aliphatic rings. The van der Waals surface area contributed by atoms with E-state index in [4.69, 9.17) is 23.2 Å². The van der Waals surface area contributed by atoms with Crippen LogP contribution in [0.1, 0.15) is 28.9 Å². The summed E-state index contributed by atoms with van der Waals surface area (Å²) in [5.74, 6) is -0.665. The Morgan fingerprint density at radius 2 is 1.86 bits per heavy atom. The molecule has 0 aliphatic heterocycles. The number of hydrogen-bond donors (Lipinski definition) is 0. The van der Waals surface area contributed by atoms with Crippen molar-refractivity contribution in [3.8, 4) is 0 Å². The normalized spacial score (nSPS) is 12.0. The highest BCUT2D eigenvalue weighted by atomic mass is 35.5. The molecule has 0 saturated carbocycles. The highest BCUT2D eigenvalue weighted by Crippen LogP contribution is 2.24. The molecule has 1 unspecified atom stereocenters. The van der Waals surface area contributed by atoms with Crippen LogP contribution < -0.4 is 0 Å². The van der Waals surface area contributed by atoms with Crippen molar-refractivity contribution in [1.29, 1.82) is 0 Å². The Labute approximate surface area is 131 Å².